The van der Waals surface area contributed by atoms with Crippen LogP contribution in [0.25, 0.3) is 5.76 Å². The van der Waals surface area contributed by atoms with Gasteiger partial charge in [-0.15, -0.1) is 0 Å². The molecule has 1 aliphatic heterocycles. The highest BCUT2D eigenvalue weighted by atomic mass is 35.5. The molecule has 2 heterocycles. The summed E-state index contributed by atoms with van der Waals surface area (Å²) < 4.78 is 0. The van der Waals surface area contributed by atoms with Gasteiger partial charge in [0.25, 0.3) is 11.7 Å². The van der Waals surface area contributed by atoms with Crippen LogP contribution in [0.4, 0.5) is 0 Å². The number of pyridine rings is 1. The highest BCUT2D eigenvalue weighted by molar-refractivity contribution is 6.46. The first kappa shape index (κ1) is 18.9. The van der Waals surface area contributed by atoms with Crippen LogP contribution < -0.4 is 0 Å². The third-order valence-corrected chi connectivity index (χ3v) is 5.10. The Kier molecular flexibility index (Phi) is 5.14. The molecule has 1 aromatic heterocycles. The summed E-state index contributed by atoms with van der Waals surface area (Å²) in [5, 5.41) is 11.5. The molecular weight excluding hydrogens is 388 g/mol. The van der Waals surface area contributed by atoms with E-state index in [2.05, 4.69) is 4.98 Å². The minimum absolute atomic E-state index is 0.0624. The maximum atomic E-state index is 12.9. The normalized spacial score (nSPS) is 18.2. The average molecular weight is 405 g/mol. The Morgan fingerprint density at radius 1 is 1.00 bits per heavy atom. The highest BCUT2D eigenvalue weighted by Gasteiger charge is 2.46. The Labute approximate surface area is 172 Å². The van der Waals surface area contributed by atoms with Crippen molar-refractivity contribution in [3.8, 4) is 0 Å². The summed E-state index contributed by atoms with van der Waals surface area (Å²) >= 11 is 6.02. The summed E-state index contributed by atoms with van der Waals surface area (Å²) in [6.45, 7) is 0.192. The number of rotatable bonds is 4. The molecule has 1 N–H and O–H groups in total. The lowest BCUT2D eigenvalue weighted by molar-refractivity contribution is -0.140. The molecule has 1 amide bonds. The van der Waals surface area contributed by atoms with Crippen molar-refractivity contribution in [2.75, 3.05) is 0 Å². The fraction of sp³-hybridized carbons (Fsp3) is 0.0870. The number of Topliss-reactive ketones (excluding diaryl/α,β-unsaturated/α-hetero) is 1. The van der Waals surface area contributed by atoms with Gasteiger partial charge in [-0.3, -0.25) is 14.6 Å². The zero-order valence-electron chi connectivity index (χ0n) is 15.3. The third-order valence-electron chi connectivity index (χ3n) is 4.85. The van der Waals surface area contributed by atoms with Crippen molar-refractivity contribution >= 4 is 29.1 Å². The van der Waals surface area contributed by atoms with Crippen molar-refractivity contribution in [1.29, 1.82) is 0 Å². The second-order valence-corrected chi connectivity index (χ2v) is 7.14. The lowest BCUT2D eigenvalue weighted by Gasteiger charge is -2.25. The molecule has 1 saturated heterocycles. The zero-order chi connectivity index (χ0) is 20.4. The predicted molar refractivity (Wildman–Crippen MR) is 110 cm³/mol. The molecule has 0 bridgehead atoms. The highest BCUT2D eigenvalue weighted by Crippen LogP contribution is 2.40. The average Bonchev–Trinajstić information content (AvgIpc) is 3.00. The number of benzene rings is 2. The van der Waals surface area contributed by atoms with Crippen molar-refractivity contribution in [3.05, 3.63) is 106 Å². The Hall–Kier alpha value is -3.44. The van der Waals surface area contributed by atoms with Gasteiger partial charge in [-0.1, -0.05) is 60.1 Å². The lowest BCUT2D eigenvalue weighted by Crippen LogP contribution is -2.29. The number of halogens is 1. The van der Waals surface area contributed by atoms with Gasteiger partial charge in [0.2, 0.25) is 0 Å². The van der Waals surface area contributed by atoms with Gasteiger partial charge in [-0.25, -0.2) is 0 Å². The summed E-state index contributed by atoms with van der Waals surface area (Å²) in [7, 11) is 0. The van der Waals surface area contributed by atoms with Crippen LogP contribution >= 0.6 is 11.6 Å². The number of carbonyl (C=O) groups is 2. The Morgan fingerprint density at radius 3 is 2.38 bits per heavy atom. The fourth-order valence-electron chi connectivity index (χ4n) is 3.47. The molecule has 0 aliphatic carbocycles. The summed E-state index contributed by atoms with van der Waals surface area (Å²) in [5.41, 5.74) is 2.02. The molecular formula is C23H17ClN2O3. The number of aliphatic hydroxyl groups excluding tert-OH is 1. The van der Waals surface area contributed by atoms with Gasteiger partial charge in [0.15, 0.2) is 0 Å². The van der Waals surface area contributed by atoms with E-state index in [4.69, 9.17) is 11.6 Å². The maximum Gasteiger partial charge on any atom is 0.295 e. The molecule has 2 aromatic carbocycles. The van der Waals surface area contributed by atoms with Gasteiger partial charge in [0.1, 0.15) is 5.76 Å². The SMILES string of the molecule is O=C1C(=O)N(Cc2cccnc2)[C@@H](c2ccc(Cl)cc2)C1=C(O)c1ccccc1. The molecule has 0 radical (unpaired) electrons. The smallest absolute Gasteiger partial charge is 0.295 e. The van der Waals surface area contributed by atoms with E-state index in [0.29, 0.717) is 16.1 Å². The van der Waals surface area contributed by atoms with Gasteiger partial charge >= 0.3 is 0 Å². The standard InChI is InChI=1S/C23H17ClN2O3/c24-18-10-8-16(9-11-18)20-19(21(27)17-6-2-1-3-7-17)22(28)23(29)26(20)14-15-5-4-12-25-13-15/h1-13,20,27H,14H2/t20-/m0/s1. The number of nitrogens with zero attached hydrogens (tertiary/aromatic N) is 2. The first-order valence-electron chi connectivity index (χ1n) is 9.04. The molecule has 3 aromatic rings. The summed E-state index contributed by atoms with van der Waals surface area (Å²) in [4.78, 5) is 31.3. The van der Waals surface area contributed by atoms with Gasteiger partial charge in [-0.05, 0) is 29.3 Å². The van der Waals surface area contributed by atoms with Crippen molar-refractivity contribution in [2.45, 2.75) is 12.6 Å². The summed E-state index contributed by atoms with van der Waals surface area (Å²) in [5.74, 6) is -1.57. The molecule has 1 atom stereocenters. The molecule has 1 fully saturated rings. The molecule has 1 aliphatic rings. The molecule has 5 nitrogen and oxygen atoms in total. The van der Waals surface area contributed by atoms with Crippen LogP contribution in [0.1, 0.15) is 22.7 Å². The number of aromatic nitrogens is 1. The minimum Gasteiger partial charge on any atom is -0.507 e. The Morgan fingerprint density at radius 2 is 1.72 bits per heavy atom. The Balaban J connectivity index is 1.86. The van der Waals surface area contributed by atoms with Crippen LogP contribution in [0.15, 0.2) is 84.7 Å². The van der Waals surface area contributed by atoms with Gasteiger partial charge in [0, 0.05) is 29.5 Å². The lowest BCUT2D eigenvalue weighted by atomic mass is 9.95. The zero-order valence-corrected chi connectivity index (χ0v) is 16.1. The molecule has 6 heteroatoms. The van der Waals surface area contributed by atoms with Crippen molar-refractivity contribution in [3.63, 3.8) is 0 Å². The van der Waals surface area contributed by atoms with Crippen molar-refractivity contribution in [2.24, 2.45) is 0 Å². The number of aliphatic hydroxyl groups is 1. The fourth-order valence-corrected chi connectivity index (χ4v) is 3.60. The van der Waals surface area contributed by atoms with Crippen LogP contribution in [-0.2, 0) is 16.1 Å². The van der Waals surface area contributed by atoms with E-state index in [-0.39, 0.29) is 17.9 Å². The predicted octanol–water partition coefficient (Wildman–Crippen LogP) is 4.36. The van der Waals surface area contributed by atoms with E-state index in [1.165, 1.54) is 4.90 Å². The first-order chi connectivity index (χ1) is 14.1. The first-order valence-corrected chi connectivity index (χ1v) is 9.42. The molecule has 0 spiro atoms. The van der Waals surface area contributed by atoms with E-state index in [1.807, 2.05) is 12.1 Å². The summed E-state index contributed by atoms with van der Waals surface area (Å²) in [6, 6.07) is 18.5. The van der Waals surface area contributed by atoms with Gasteiger partial charge in [-0.2, -0.15) is 0 Å². The van der Waals surface area contributed by atoms with E-state index < -0.39 is 17.7 Å². The third kappa shape index (κ3) is 3.65. The van der Waals surface area contributed by atoms with Crippen molar-refractivity contribution < 1.29 is 14.7 Å². The van der Waals surface area contributed by atoms with E-state index in [0.717, 1.165) is 5.56 Å². The molecule has 29 heavy (non-hydrogen) atoms. The number of carbonyl (C=O) groups excluding carboxylic acids is 2. The van der Waals surface area contributed by atoms with Crippen molar-refractivity contribution in [1.82, 2.24) is 9.88 Å². The van der Waals surface area contributed by atoms with Crippen LogP contribution in [-0.4, -0.2) is 26.7 Å². The second kappa shape index (κ2) is 7.89. The quantitative estimate of drug-likeness (QED) is 0.398. The topological polar surface area (TPSA) is 70.5 Å². The van der Waals surface area contributed by atoms with Crippen LogP contribution in [0, 0.1) is 0 Å². The van der Waals surface area contributed by atoms with E-state index in [1.54, 1.807) is 67.0 Å². The number of amides is 1. The largest absolute Gasteiger partial charge is 0.507 e. The van der Waals surface area contributed by atoms with Gasteiger partial charge in [0.05, 0.1) is 11.6 Å². The van der Waals surface area contributed by atoms with E-state index in [9.17, 15) is 14.7 Å². The minimum atomic E-state index is -0.729. The van der Waals surface area contributed by atoms with Gasteiger partial charge < -0.3 is 10.0 Å². The number of likely N-dealkylation sites (tertiary alicyclic amines) is 1. The van der Waals surface area contributed by atoms with Crippen LogP contribution in [0.3, 0.4) is 0 Å². The Bertz CT molecular complexity index is 1080. The maximum absolute atomic E-state index is 12.9. The van der Waals surface area contributed by atoms with E-state index >= 15 is 0 Å². The van der Waals surface area contributed by atoms with Crippen LogP contribution in [0.5, 0.6) is 0 Å². The number of ketones is 1. The second-order valence-electron chi connectivity index (χ2n) is 6.71. The molecule has 0 saturated carbocycles. The van der Waals surface area contributed by atoms with Crippen LogP contribution in [0.2, 0.25) is 5.02 Å². The molecule has 144 valence electrons. The number of hydrogen-bond donors (Lipinski definition) is 1. The molecule has 0 unspecified atom stereocenters. The monoisotopic (exact) mass is 404 g/mol. The molecule has 4 rings (SSSR count). The number of hydrogen-bond acceptors (Lipinski definition) is 4. The summed E-state index contributed by atoms with van der Waals surface area (Å²) in [6.07, 6.45) is 3.29.